The van der Waals surface area contributed by atoms with Crippen molar-refractivity contribution in [3.05, 3.63) is 22.7 Å². The monoisotopic (exact) mass is 300 g/mol. The topological polar surface area (TPSA) is 54.0 Å². The molecule has 2 rings (SSSR count). The fourth-order valence-electron chi connectivity index (χ4n) is 2.34. The van der Waals surface area contributed by atoms with Crippen LogP contribution in [0.2, 0.25) is 5.02 Å². The van der Waals surface area contributed by atoms with E-state index in [1.807, 2.05) is 38.1 Å². The third-order valence-electron chi connectivity index (χ3n) is 2.98. The summed E-state index contributed by atoms with van der Waals surface area (Å²) in [6.07, 6.45) is 0. The van der Waals surface area contributed by atoms with Gasteiger partial charge in [0, 0.05) is 19.6 Å². The van der Waals surface area contributed by atoms with E-state index in [1.165, 1.54) is 0 Å². The maximum Gasteiger partial charge on any atom is 0.231 e. The minimum absolute atomic E-state index is 0.212. The van der Waals surface area contributed by atoms with Crippen LogP contribution in [0.4, 0.5) is 0 Å². The second kappa shape index (κ2) is 6.18. The van der Waals surface area contributed by atoms with E-state index in [0.717, 1.165) is 5.56 Å². The molecule has 0 amide bonds. The summed E-state index contributed by atoms with van der Waals surface area (Å²) < 4.78 is 10.6. The lowest BCUT2D eigenvalue weighted by molar-refractivity contribution is 0.0336. The van der Waals surface area contributed by atoms with Gasteiger partial charge in [0.2, 0.25) is 6.79 Å². The molecular formula is C14H21ClN2O3. The maximum absolute atomic E-state index is 10.2. The highest BCUT2D eigenvalue weighted by atomic mass is 35.5. The summed E-state index contributed by atoms with van der Waals surface area (Å²) >= 11 is 6.12. The molecule has 1 unspecified atom stereocenters. The van der Waals surface area contributed by atoms with Gasteiger partial charge < -0.3 is 24.8 Å². The fourth-order valence-corrected chi connectivity index (χ4v) is 2.62. The number of benzene rings is 1. The molecule has 0 bridgehead atoms. The predicted molar refractivity (Wildman–Crippen MR) is 78.5 cm³/mol. The van der Waals surface area contributed by atoms with Gasteiger partial charge in [0.05, 0.1) is 10.6 Å². The lowest BCUT2D eigenvalue weighted by atomic mass is 10.1. The van der Waals surface area contributed by atoms with Crippen molar-refractivity contribution in [2.45, 2.75) is 19.1 Å². The Morgan fingerprint density at radius 3 is 2.85 bits per heavy atom. The molecule has 0 aromatic heterocycles. The summed E-state index contributed by atoms with van der Waals surface area (Å²) in [7, 11) is 3.87. The Morgan fingerprint density at radius 2 is 2.15 bits per heavy atom. The van der Waals surface area contributed by atoms with E-state index >= 15 is 0 Å². The number of ether oxygens (including phenoxy) is 2. The first-order valence-electron chi connectivity index (χ1n) is 6.53. The fraction of sp³-hybridized carbons (Fsp3) is 0.571. The summed E-state index contributed by atoms with van der Waals surface area (Å²) in [6.45, 7) is 3.73. The largest absolute Gasteiger partial charge is 0.454 e. The minimum atomic E-state index is -0.774. The predicted octanol–water partition coefficient (Wildman–Crippen LogP) is 1.47. The smallest absolute Gasteiger partial charge is 0.231 e. The van der Waals surface area contributed by atoms with Crippen LogP contribution < -0.4 is 14.8 Å². The Kier molecular flexibility index (Phi) is 4.75. The van der Waals surface area contributed by atoms with Crippen molar-refractivity contribution in [1.82, 2.24) is 10.2 Å². The number of nitrogens with zero attached hydrogens (tertiary/aromatic N) is 1. The van der Waals surface area contributed by atoms with Gasteiger partial charge in [-0.2, -0.15) is 0 Å². The number of halogens is 1. The van der Waals surface area contributed by atoms with E-state index in [2.05, 4.69) is 5.32 Å². The molecule has 0 aliphatic carbocycles. The molecule has 1 heterocycles. The molecule has 5 nitrogen and oxygen atoms in total. The number of aliphatic hydroxyl groups is 1. The number of likely N-dealkylation sites (N-methyl/N-ethyl adjacent to an activating group) is 1. The molecular weight excluding hydrogens is 280 g/mol. The van der Waals surface area contributed by atoms with Gasteiger partial charge in [-0.1, -0.05) is 11.6 Å². The molecule has 1 aliphatic heterocycles. The molecule has 1 aromatic rings. The Bertz CT molecular complexity index is 478. The van der Waals surface area contributed by atoms with E-state index in [4.69, 9.17) is 21.1 Å². The standard InChI is InChI=1S/C14H21ClN2O3/c1-14(18,8-17(2)3)7-16-6-10-4-11(15)13-12(5-10)19-9-20-13/h4-5,16,18H,6-9H2,1-3H3. The molecule has 1 aliphatic rings. The van der Waals surface area contributed by atoms with E-state index in [1.54, 1.807) is 0 Å². The second-order valence-electron chi connectivity index (χ2n) is 5.65. The van der Waals surface area contributed by atoms with Crippen LogP contribution in [0.15, 0.2) is 12.1 Å². The number of rotatable bonds is 6. The molecule has 0 radical (unpaired) electrons. The zero-order valence-corrected chi connectivity index (χ0v) is 12.8. The average molecular weight is 301 g/mol. The molecule has 2 N–H and O–H groups in total. The molecule has 0 fully saturated rings. The summed E-state index contributed by atoms with van der Waals surface area (Å²) in [5.41, 5.74) is 0.226. The van der Waals surface area contributed by atoms with Crippen LogP contribution in [0.25, 0.3) is 0 Å². The van der Waals surface area contributed by atoms with Crippen molar-refractivity contribution in [1.29, 1.82) is 0 Å². The molecule has 112 valence electrons. The summed E-state index contributed by atoms with van der Waals surface area (Å²) in [6, 6.07) is 3.75. The van der Waals surface area contributed by atoms with E-state index in [9.17, 15) is 5.11 Å². The molecule has 0 spiro atoms. The summed E-state index contributed by atoms with van der Waals surface area (Å²) in [5.74, 6) is 1.28. The van der Waals surface area contributed by atoms with E-state index in [-0.39, 0.29) is 6.79 Å². The zero-order valence-electron chi connectivity index (χ0n) is 12.1. The quantitative estimate of drug-likeness (QED) is 0.833. The van der Waals surface area contributed by atoms with Gasteiger partial charge in [0.15, 0.2) is 11.5 Å². The molecule has 0 saturated heterocycles. The molecule has 1 aromatic carbocycles. The number of hydrogen-bond acceptors (Lipinski definition) is 5. The van der Waals surface area contributed by atoms with Crippen LogP contribution in [0.3, 0.4) is 0 Å². The molecule has 1 atom stereocenters. The number of hydrogen-bond donors (Lipinski definition) is 2. The Morgan fingerprint density at radius 1 is 1.40 bits per heavy atom. The Hall–Kier alpha value is -1.01. The van der Waals surface area contributed by atoms with E-state index < -0.39 is 5.60 Å². The van der Waals surface area contributed by atoms with Crippen molar-refractivity contribution in [3.8, 4) is 11.5 Å². The van der Waals surface area contributed by atoms with Gasteiger partial charge in [-0.25, -0.2) is 0 Å². The van der Waals surface area contributed by atoms with Gasteiger partial charge >= 0.3 is 0 Å². The van der Waals surface area contributed by atoms with Crippen LogP contribution in [0, 0.1) is 0 Å². The first-order chi connectivity index (χ1) is 9.37. The first kappa shape index (κ1) is 15.4. The maximum atomic E-state index is 10.2. The summed E-state index contributed by atoms with van der Waals surface area (Å²) in [5, 5.41) is 14.0. The third kappa shape index (κ3) is 3.99. The van der Waals surface area contributed by atoms with Crippen molar-refractivity contribution < 1.29 is 14.6 Å². The van der Waals surface area contributed by atoms with Crippen molar-refractivity contribution in [3.63, 3.8) is 0 Å². The highest BCUT2D eigenvalue weighted by Gasteiger charge is 2.21. The number of nitrogens with one attached hydrogen (secondary N) is 1. The first-order valence-corrected chi connectivity index (χ1v) is 6.91. The van der Waals surface area contributed by atoms with Gasteiger partial charge in [0.1, 0.15) is 0 Å². The highest BCUT2D eigenvalue weighted by molar-refractivity contribution is 6.32. The lowest BCUT2D eigenvalue weighted by Crippen LogP contribution is -2.45. The SMILES string of the molecule is CN(C)CC(C)(O)CNCc1cc(Cl)c2c(c1)OCO2. The normalized spacial score (nSPS) is 16.5. The van der Waals surface area contributed by atoms with Crippen molar-refractivity contribution in [2.75, 3.05) is 34.0 Å². The Labute approximate surface area is 124 Å². The van der Waals surface area contributed by atoms with Gasteiger partial charge in [-0.15, -0.1) is 0 Å². The second-order valence-corrected chi connectivity index (χ2v) is 6.06. The van der Waals surface area contributed by atoms with Crippen LogP contribution in [-0.2, 0) is 6.54 Å². The highest BCUT2D eigenvalue weighted by Crippen LogP contribution is 2.39. The average Bonchev–Trinajstić information content (AvgIpc) is 2.75. The van der Waals surface area contributed by atoms with Crippen LogP contribution in [-0.4, -0.2) is 49.6 Å². The van der Waals surface area contributed by atoms with Crippen molar-refractivity contribution >= 4 is 11.6 Å². The van der Waals surface area contributed by atoms with E-state index in [0.29, 0.717) is 36.2 Å². The third-order valence-corrected chi connectivity index (χ3v) is 3.26. The van der Waals surface area contributed by atoms with Crippen LogP contribution in [0.5, 0.6) is 11.5 Å². The van der Waals surface area contributed by atoms with Gasteiger partial charge in [-0.3, -0.25) is 0 Å². The van der Waals surface area contributed by atoms with Crippen LogP contribution >= 0.6 is 11.6 Å². The molecule has 0 saturated carbocycles. The van der Waals surface area contributed by atoms with Gasteiger partial charge in [0.25, 0.3) is 0 Å². The minimum Gasteiger partial charge on any atom is -0.454 e. The van der Waals surface area contributed by atoms with Crippen LogP contribution in [0.1, 0.15) is 12.5 Å². The molecule has 6 heteroatoms. The molecule has 20 heavy (non-hydrogen) atoms. The lowest BCUT2D eigenvalue weighted by Gasteiger charge is -2.27. The number of fused-ring (bicyclic) bond motifs is 1. The Balaban J connectivity index is 1.90. The summed E-state index contributed by atoms with van der Waals surface area (Å²) in [4.78, 5) is 1.96. The zero-order chi connectivity index (χ0) is 14.8. The van der Waals surface area contributed by atoms with Gasteiger partial charge in [-0.05, 0) is 38.7 Å². The van der Waals surface area contributed by atoms with Crippen molar-refractivity contribution in [2.24, 2.45) is 0 Å².